The van der Waals surface area contributed by atoms with Gasteiger partial charge < -0.3 is 20.5 Å². The van der Waals surface area contributed by atoms with Crippen molar-refractivity contribution in [3.63, 3.8) is 0 Å². The lowest BCUT2D eigenvalue weighted by atomic mass is 9.72. The molecule has 1 saturated carbocycles. The van der Waals surface area contributed by atoms with Gasteiger partial charge in [0.15, 0.2) is 0 Å². The lowest BCUT2D eigenvalue weighted by Crippen LogP contribution is -2.49. The molecule has 1 aliphatic heterocycles. The lowest BCUT2D eigenvalue weighted by molar-refractivity contribution is -0.140. The molecule has 39 heavy (non-hydrogen) atoms. The van der Waals surface area contributed by atoms with Crippen molar-refractivity contribution >= 4 is 28.4 Å². The van der Waals surface area contributed by atoms with Crippen LogP contribution in [0.4, 0.5) is 0 Å². The number of amides is 1. The number of carbonyl (C=O) groups excluding carboxylic acids is 1. The SMILES string of the molecule is COCCCC[C@@](O)(c1cccc(Cl)c1-c1cnc2ccccc2c1)[C@@H]1CCCN(C(=O)[C@@H]2CC[C@H](N)C2)C1. The largest absolute Gasteiger partial charge is 0.385 e. The van der Waals surface area contributed by atoms with Crippen LogP contribution in [0.2, 0.25) is 5.02 Å². The summed E-state index contributed by atoms with van der Waals surface area (Å²) in [6, 6.07) is 16.0. The number of hydrogen-bond acceptors (Lipinski definition) is 5. The number of halogens is 1. The molecular weight excluding hydrogens is 510 g/mol. The van der Waals surface area contributed by atoms with Crippen molar-refractivity contribution in [1.29, 1.82) is 0 Å². The summed E-state index contributed by atoms with van der Waals surface area (Å²) in [7, 11) is 1.70. The topological polar surface area (TPSA) is 88.7 Å². The molecule has 3 aromatic rings. The van der Waals surface area contributed by atoms with E-state index in [0.29, 0.717) is 24.6 Å². The summed E-state index contributed by atoms with van der Waals surface area (Å²) in [5.41, 5.74) is 8.39. The van der Waals surface area contributed by atoms with Gasteiger partial charge in [0, 0.05) is 72.4 Å². The van der Waals surface area contributed by atoms with Crippen LogP contribution in [-0.2, 0) is 15.1 Å². The third-order valence-corrected chi connectivity index (χ3v) is 9.06. The van der Waals surface area contributed by atoms with Gasteiger partial charge in [0.2, 0.25) is 5.91 Å². The average molecular weight is 550 g/mol. The van der Waals surface area contributed by atoms with E-state index in [0.717, 1.165) is 79.1 Å². The van der Waals surface area contributed by atoms with Gasteiger partial charge in [0.25, 0.3) is 0 Å². The van der Waals surface area contributed by atoms with Crippen LogP contribution in [0, 0.1) is 11.8 Å². The highest BCUT2D eigenvalue weighted by atomic mass is 35.5. The minimum atomic E-state index is -1.16. The van der Waals surface area contributed by atoms with Gasteiger partial charge >= 0.3 is 0 Å². The number of para-hydroxylation sites is 1. The van der Waals surface area contributed by atoms with Gasteiger partial charge in [-0.1, -0.05) is 41.9 Å². The predicted molar refractivity (Wildman–Crippen MR) is 156 cm³/mol. The van der Waals surface area contributed by atoms with Gasteiger partial charge in [-0.25, -0.2) is 0 Å². The van der Waals surface area contributed by atoms with E-state index >= 15 is 0 Å². The van der Waals surface area contributed by atoms with Crippen LogP contribution < -0.4 is 5.73 Å². The van der Waals surface area contributed by atoms with Crippen molar-refractivity contribution in [2.45, 2.75) is 63.0 Å². The van der Waals surface area contributed by atoms with Crippen molar-refractivity contribution < 1.29 is 14.6 Å². The summed E-state index contributed by atoms with van der Waals surface area (Å²) in [5.74, 6) is 0.0804. The van der Waals surface area contributed by atoms with E-state index in [1.807, 2.05) is 53.6 Å². The van der Waals surface area contributed by atoms with Gasteiger partial charge in [-0.2, -0.15) is 0 Å². The van der Waals surface area contributed by atoms with E-state index in [1.165, 1.54) is 0 Å². The van der Waals surface area contributed by atoms with Crippen LogP contribution in [-0.4, -0.2) is 53.7 Å². The normalized spacial score (nSPS) is 23.2. The minimum Gasteiger partial charge on any atom is -0.385 e. The standard InChI is InChI=1S/C32H40ClN3O3/c1-39-17-5-4-15-32(38,25-9-7-16-36(21-25)31(37)23-13-14-26(34)19-23)27-10-6-11-28(33)30(27)24-18-22-8-2-3-12-29(22)35-20-24/h2-3,6,8,10-12,18,20,23,25-26,38H,4-5,7,9,13-17,19,21,34H2,1H3/t23-,25-,26+,32+/m1/s1. The number of hydrogen-bond donors (Lipinski definition) is 2. The smallest absolute Gasteiger partial charge is 0.225 e. The first-order chi connectivity index (χ1) is 18.9. The van der Waals surface area contributed by atoms with Gasteiger partial charge in [0.05, 0.1) is 11.1 Å². The molecule has 0 bridgehead atoms. The molecule has 1 saturated heterocycles. The number of nitrogens with two attached hydrogens (primary N) is 1. The van der Waals surface area contributed by atoms with Crippen LogP contribution in [0.15, 0.2) is 54.7 Å². The third kappa shape index (κ3) is 5.99. The number of benzene rings is 2. The molecule has 2 aromatic carbocycles. The van der Waals surface area contributed by atoms with E-state index in [-0.39, 0.29) is 23.8 Å². The predicted octanol–water partition coefficient (Wildman–Crippen LogP) is 5.93. The Morgan fingerprint density at radius 1 is 1.18 bits per heavy atom. The van der Waals surface area contributed by atoms with Crippen molar-refractivity contribution in [3.05, 3.63) is 65.3 Å². The number of rotatable bonds is 9. The number of piperidine rings is 1. The molecule has 7 heteroatoms. The number of aromatic nitrogens is 1. The molecule has 0 spiro atoms. The Balaban J connectivity index is 1.52. The molecule has 1 amide bonds. The maximum Gasteiger partial charge on any atom is 0.225 e. The van der Waals surface area contributed by atoms with Crippen LogP contribution in [0.25, 0.3) is 22.0 Å². The first-order valence-corrected chi connectivity index (χ1v) is 14.7. The Morgan fingerprint density at radius 3 is 2.82 bits per heavy atom. The second-order valence-corrected chi connectivity index (χ2v) is 11.8. The summed E-state index contributed by atoms with van der Waals surface area (Å²) < 4.78 is 5.30. The number of nitrogens with zero attached hydrogens (tertiary/aromatic N) is 2. The number of aliphatic hydroxyl groups is 1. The Hall–Kier alpha value is -2.51. The van der Waals surface area contributed by atoms with E-state index < -0.39 is 5.60 Å². The minimum absolute atomic E-state index is 0.000972. The van der Waals surface area contributed by atoms with Crippen LogP contribution >= 0.6 is 11.6 Å². The number of fused-ring (bicyclic) bond motifs is 1. The zero-order valence-corrected chi connectivity index (χ0v) is 23.6. The number of methoxy groups -OCH3 is 1. The third-order valence-electron chi connectivity index (χ3n) is 8.75. The van der Waals surface area contributed by atoms with Gasteiger partial charge in [-0.15, -0.1) is 0 Å². The average Bonchev–Trinajstić information content (AvgIpc) is 3.40. The molecule has 2 fully saturated rings. The van der Waals surface area contributed by atoms with E-state index in [9.17, 15) is 9.90 Å². The molecule has 0 unspecified atom stereocenters. The molecule has 2 aliphatic rings. The Bertz CT molecular complexity index is 1300. The second-order valence-electron chi connectivity index (χ2n) is 11.3. The zero-order chi connectivity index (χ0) is 27.4. The van der Waals surface area contributed by atoms with E-state index in [2.05, 4.69) is 11.1 Å². The highest BCUT2D eigenvalue weighted by molar-refractivity contribution is 6.33. The number of likely N-dealkylation sites (tertiary alicyclic amines) is 1. The van der Waals surface area contributed by atoms with Crippen LogP contribution in [0.5, 0.6) is 0 Å². The number of carbonyl (C=O) groups is 1. The van der Waals surface area contributed by atoms with Crippen molar-refractivity contribution in [2.75, 3.05) is 26.8 Å². The van der Waals surface area contributed by atoms with Gasteiger partial charge in [-0.3, -0.25) is 9.78 Å². The molecular formula is C32H40ClN3O3. The van der Waals surface area contributed by atoms with Gasteiger partial charge in [-0.05, 0) is 75.1 Å². The summed E-state index contributed by atoms with van der Waals surface area (Å²) in [4.78, 5) is 20.1. The maximum absolute atomic E-state index is 13.5. The first kappa shape index (κ1) is 28.0. The van der Waals surface area contributed by atoms with E-state index in [4.69, 9.17) is 22.1 Å². The van der Waals surface area contributed by atoms with Crippen molar-refractivity contribution in [1.82, 2.24) is 9.88 Å². The number of ether oxygens (including phenoxy) is 1. The fraction of sp³-hybridized carbons (Fsp3) is 0.500. The molecule has 1 aliphatic carbocycles. The quantitative estimate of drug-likeness (QED) is 0.323. The summed E-state index contributed by atoms with van der Waals surface area (Å²) >= 11 is 6.89. The van der Waals surface area contributed by atoms with Crippen LogP contribution in [0.3, 0.4) is 0 Å². The van der Waals surface area contributed by atoms with Crippen molar-refractivity contribution in [3.8, 4) is 11.1 Å². The fourth-order valence-corrected chi connectivity index (χ4v) is 6.94. The molecule has 6 nitrogen and oxygen atoms in total. The summed E-state index contributed by atoms with van der Waals surface area (Å²) in [6.45, 7) is 1.91. The van der Waals surface area contributed by atoms with Crippen molar-refractivity contribution in [2.24, 2.45) is 17.6 Å². The number of pyridine rings is 1. The monoisotopic (exact) mass is 549 g/mol. The summed E-state index contributed by atoms with van der Waals surface area (Å²) in [6.07, 6.45) is 8.28. The maximum atomic E-state index is 13.5. The first-order valence-electron chi connectivity index (χ1n) is 14.3. The Kier molecular flexibility index (Phi) is 8.87. The molecule has 0 radical (unpaired) electrons. The van der Waals surface area contributed by atoms with Gasteiger partial charge in [0.1, 0.15) is 0 Å². The van der Waals surface area contributed by atoms with Crippen LogP contribution in [0.1, 0.15) is 56.9 Å². The second kappa shape index (κ2) is 12.3. The zero-order valence-electron chi connectivity index (χ0n) is 22.8. The van der Waals surface area contributed by atoms with E-state index in [1.54, 1.807) is 7.11 Å². The Labute approximate surface area is 236 Å². The molecule has 3 N–H and O–H groups in total. The molecule has 5 rings (SSSR count). The highest BCUT2D eigenvalue weighted by Crippen LogP contribution is 2.46. The molecule has 2 heterocycles. The number of unbranched alkanes of at least 4 members (excludes halogenated alkanes) is 1. The fourth-order valence-electron chi connectivity index (χ4n) is 6.65. The molecule has 1 aromatic heterocycles. The summed E-state index contributed by atoms with van der Waals surface area (Å²) in [5, 5.41) is 14.3. The highest BCUT2D eigenvalue weighted by Gasteiger charge is 2.44. The molecule has 4 atom stereocenters. The molecule has 208 valence electrons. The lowest BCUT2D eigenvalue weighted by Gasteiger charge is -2.44. The Morgan fingerprint density at radius 2 is 2.03 bits per heavy atom.